The maximum atomic E-state index is 12.0. The molecule has 4 heteroatoms. The van der Waals surface area contributed by atoms with Crippen LogP contribution in [0.3, 0.4) is 0 Å². The van der Waals surface area contributed by atoms with Crippen molar-refractivity contribution in [2.45, 2.75) is 32.4 Å². The highest BCUT2D eigenvalue weighted by Gasteiger charge is 2.33. The molecule has 0 radical (unpaired) electrons. The zero-order valence-electron chi connectivity index (χ0n) is 12.2. The van der Waals surface area contributed by atoms with Crippen LogP contribution < -0.4 is 5.32 Å². The van der Waals surface area contributed by atoms with E-state index in [0.717, 1.165) is 6.42 Å². The Bertz CT molecular complexity index is 421. The van der Waals surface area contributed by atoms with Gasteiger partial charge in [-0.05, 0) is 25.8 Å². The van der Waals surface area contributed by atoms with Gasteiger partial charge in [-0.1, -0.05) is 30.3 Å². The Morgan fingerprint density at radius 1 is 1.45 bits per heavy atom. The van der Waals surface area contributed by atoms with Gasteiger partial charge in [0, 0.05) is 18.7 Å². The molecule has 0 aromatic heterocycles. The Hall–Kier alpha value is -1.39. The third-order valence-corrected chi connectivity index (χ3v) is 3.71. The number of rotatable bonds is 5. The lowest BCUT2D eigenvalue weighted by Gasteiger charge is -2.33. The molecule has 1 aliphatic rings. The van der Waals surface area contributed by atoms with Gasteiger partial charge in [-0.3, -0.25) is 4.79 Å². The van der Waals surface area contributed by atoms with Gasteiger partial charge in [0.25, 0.3) is 0 Å². The number of benzene rings is 1. The lowest BCUT2D eigenvalue weighted by atomic mass is 9.94. The first-order chi connectivity index (χ1) is 9.72. The Morgan fingerprint density at radius 2 is 2.20 bits per heavy atom. The highest BCUT2D eigenvalue weighted by molar-refractivity contribution is 5.73. The molecular weight excluding hydrogens is 254 g/mol. The molecule has 0 aliphatic carbocycles. The number of carbonyl (C=O) groups is 1. The smallest absolute Gasteiger partial charge is 0.312 e. The van der Waals surface area contributed by atoms with Crippen molar-refractivity contribution in [3.8, 4) is 0 Å². The van der Waals surface area contributed by atoms with Gasteiger partial charge in [0.2, 0.25) is 0 Å². The average molecular weight is 277 g/mol. The molecule has 0 saturated carbocycles. The minimum atomic E-state index is -0.213. The van der Waals surface area contributed by atoms with Gasteiger partial charge in [0.05, 0.1) is 19.1 Å². The number of ether oxygens (including phenoxy) is 2. The highest BCUT2D eigenvalue weighted by atomic mass is 16.5. The molecule has 1 aromatic rings. The number of hydrogen-bond acceptors (Lipinski definition) is 4. The second-order valence-corrected chi connectivity index (χ2v) is 5.13. The maximum absolute atomic E-state index is 12.0. The third kappa shape index (κ3) is 3.81. The zero-order chi connectivity index (χ0) is 14.4. The number of hydrogen-bond donors (Lipinski definition) is 1. The highest BCUT2D eigenvalue weighted by Crippen LogP contribution is 2.21. The number of carbonyl (C=O) groups excluding carboxylic acids is 1. The lowest BCUT2D eigenvalue weighted by molar-refractivity contribution is -0.154. The van der Waals surface area contributed by atoms with Crippen molar-refractivity contribution in [1.82, 2.24) is 5.32 Å². The van der Waals surface area contributed by atoms with Crippen molar-refractivity contribution in [3.63, 3.8) is 0 Å². The fraction of sp³-hybridized carbons (Fsp3) is 0.562. The predicted octanol–water partition coefficient (Wildman–Crippen LogP) is 2.31. The van der Waals surface area contributed by atoms with Gasteiger partial charge >= 0.3 is 5.97 Å². The SMILES string of the molecule is CCOC(=O)C1COCCC1N[C@@H](C)c1ccccc1. The minimum absolute atomic E-state index is 0.109. The minimum Gasteiger partial charge on any atom is -0.466 e. The third-order valence-electron chi connectivity index (χ3n) is 3.71. The second-order valence-electron chi connectivity index (χ2n) is 5.13. The molecule has 1 saturated heterocycles. The largest absolute Gasteiger partial charge is 0.466 e. The van der Waals surface area contributed by atoms with Crippen molar-refractivity contribution in [2.24, 2.45) is 5.92 Å². The molecule has 1 aliphatic heterocycles. The van der Waals surface area contributed by atoms with Crippen molar-refractivity contribution in [2.75, 3.05) is 19.8 Å². The van der Waals surface area contributed by atoms with E-state index in [2.05, 4.69) is 24.4 Å². The summed E-state index contributed by atoms with van der Waals surface area (Å²) in [7, 11) is 0. The summed E-state index contributed by atoms with van der Waals surface area (Å²) in [5, 5.41) is 3.54. The molecule has 2 unspecified atom stereocenters. The summed E-state index contributed by atoms with van der Waals surface area (Å²) >= 11 is 0. The van der Waals surface area contributed by atoms with Crippen LogP contribution in [0.2, 0.25) is 0 Å². The molecule has 0 amide bonds. The van der Waals surface area contributed by atoms with Crippen LogP contribution in [0.15, 0.2) is 30.3 Å². The van der Waals surface area contributed by atoms with Crippen molar-refractivity contribution >= 4 is 5.97 Å². The van der Waals surface area contributed by atoms with E-state index < -0.39 is 0 Å². The molecule has 1 heterocycles. The van der Waals surface area contributed by atoms with Crippen LogP contribution in [0.25, 0.3) is 0 Å². The Morgan fingerprint density at radius 3 is 2.90 bits per heavy atom. The van der Waals surface area contributed by atoms with Gasteiger partial charge in [-0.25, -0.2) is 0 Å². The first-order valence-electron chi connectivity index (χ1n) is 7.27. The normalized spacial score (nSPS) is 24.1. The fourth-order valence-corrected chi connectivity index (χ4v) is 2.58. The molecule has 0 bridgehead atoms. The molecular formula is C16H23NO3. The molecule has 20 heavy (non-hydrogen) atoms. The van der Waals surface area contributed by atoms with E-state index >= 15 is 0 Å². The lowest BCUT2D eigenvalue weighted by Crippen LogP contribution is -2.47. The molecule has 1 fully saturated rings. The summed E-state index contributed by atoms with van der Waals surface area (Å²) in [6.45, 7) is 5.49. The van der Waals surface area contributed by atoms with E-state index in [0.29, 0.717) is 19.8 Å². The van der Waals surface area contributed by atoms with E-state index in [1.165, 1.54) is 5.56 Å². The van der Waals surface area contributed by atoms with Crippen molar-refractivity contribution in [1.29, 1.82) is 0 Å². The Kier molecular flexibility index (Phi) is 5.56. The van der Waals surface area contributed by atoms with Crippen LogP contribution in [0.1, 0.15) is 31.9 Å². The van der Waals surface area contributed by atoms with Gasteiger partial charge in [0.15, 0.2) is 0 Å². The monoisotopic (exact) mass is 277 g/mol. The summed E-state index contributed by atoms with van der Waals surface area (Å²) < 4.78 is 10.6. The van der Waals surface area contributed by atoms with Gasteiger partial charge < -0.3 is 14.8 Å². The Balaban J connectivity index is 2.00. The second kappa shape index (κ2) is 7.41. The average Bonchev–Trinajstić information content (AvgIpc) is 2.49. The summed E-state index contributed by atoms with van der Waals surface area (Å²) in [5.41, 5.74) is 1.22. The van der Waals surface area contributed by atoms with E-state index in [-0.39, 0.29) is 24.0 Å². The van der Waals surface area contributed by atoms with Crippen LogP contribution in [0, 0.1) is 5.92 Å². The van der Waals surface area contributed by atoms with Gasteiger partial charge in [0.1, 0.15) is 0 Å². The summed E-state index contributed by atoms with van der Waals surface area (Å²) in [4.78, 5) is 12.0. The maximum Gasteiger partial charge on any atom is 0.312 e. The summed E-state index contributed by atoms with van der Waals surface area (Å²) in [5.74, 6) is -0.375. The van der Waals surface area contributed by atoms with Crippen LogP contribution in [-0.4, -0.2) is 31.8 Å². The van der Waals surface area contributed by atoms with Crippen LogP contribution in [0.4, 0.5) is 0 Å². The topological polar surface area (TPSA) is 47.6 Å². The van der Waals surface area contributed by atoms with E-state index in [4.69, 9.17) is 9.47 Å². The Labute approximate surface area is 120 Å². The number of nitrogens with one attached hydrogen (secondary N) is 1. The molecule has 4 nitrogen and oxygen atoms in total. The number of esters is 1. The van der Waals surface area contributed by atoms with Gasteiger partial charge in [-0.2, -0.15) is 0 Å². The standard InChI is InChI=1S/C16H23NO3/c1-3-20-16(18)14-11-19-10-9-15(14)17-12(2)13-7-5-4-6-8-13/h4-8,12,14-15,17H,3,9-11H2,1-2H3/t12-,14?,15?/m0/s1. The van der Waals surface area contributed by atoms with Crippen LogP contribution in [0.5, 0.6) is 0 Å². The first kappa shape index (κ1) is 15.0. The molecule has 1 aromatic carbocycles. The molecule has 3 atom stereocenters. The van der Waals surface area contributed by atoms with Crippen molar-refractivity contribution < 1.29 is 14.3 Å². The quantitative estimate of drug-likeness (QED) is 0.839. The fourth-order valence-electron chi connectivity index (χ4n) is 2.58. The van der Waals surface area contributed by atoms with E-state index in [1.54, 1.807) is 0 Å². The van der Waals surface area contributed by atoms with Gasteiger partial charge in [-0.15, -0.1) is 0 Å². The molecule has 0 spiro atoms. The summed E-state index contributed by atoms with van der Waals surface area (Å²) in [6.07, 6.45) is 0.834. The van der Waals surface area contributed by atoms with Crippen LogP contribution >= 0.6 is 0 Å². The predicted molar refractivity (Wildman–Crippen MR) is 77.3 cm³/mol. The van der Waals surface area contributed by atoms with Crippen LogP contribution in [-0.2, 0) is 14.3 Å². The first-order valence-corrected chi connectivity index (χ1v) is 7.27. The zero-order valence-corrected chi connectivity index (χ0v) is 12.2. The van der Waals surface area contributed by atoms with Crippen molar-refractivity contribution in [3.05, 3.63) is 35.9 Å². The molecule has 2 rings (SSSR count). The molecule has 1 N–H and O–H groups in total. The summed E-state index contributed by atoms with van der Waals surface area (Å²) in [6, 6.07) is 10.6. The molecule has 110 valence electrons. The van der Waals surface area contributed by atoms with E-state index in [1.807, 2.05) is 25.1 Å². The van der Waals surface area contributed by atoms with E-state index in [9.17, 15) is 4.79 Å².